The lowest BCUT2D eigenvalue weighted by Gasteiger charge is -2.29. The first-order valence-corrected chi connectivity index (χ1v) is 11.5. The summed E-state index contributed by atoms with van der Waals surface area (Å²) in [5.74, 6) is -0.150. The van der Waals surface area contributed by atoms with E-state index in [0.717, 1.165) is 18.7 Å². The highest BCUT2D eigenvalue weighted by Crippen LogP contribution is 2.37. The van der Waals surface area contributed by atoms with Crippen LogP contribution < -0.4 is 10.6 Å². The maximum absolute atomic E-state index is 13.4. The Hall–Kier alpha value is -1.80. The molecule has 2 aromatic rings. The first-order chi connectivity index (χ1) is 14.9. The fraction of sp³-hybridized carbons (Fsp3) is 0.500. The molecule has 1 aliphatic heterocycles. The molecule has 1 unspecified atom stereocenters. The Labute approximate surface area is 203 Å². The number of nitrogens with one attached hydrogen (secondary N) is 2. The van der Waals surface area contributed by atoms with Gasteiger partial charge in [-0.25, -0.2) is 4.98 Å². The van der Waals surface area contributed by atoms with Gasteiger partial charge in [-0.15, -0.1) is 0 Å². The van der Waals surface area contributed by atoms with Crippen LogP contribution in [-0.4, -0.2) is 52.9 Å². The molecule has 1 aromatic heterocycles. The highest BCUT2D eigenvalue weighted by Gasteiger charge is 2.35. The van der Waals surface area contributed by atoms with Crippen LogP contribution in [0.1, 0.15) is 43.4 Å². The molecular formula is C22H28Cl3N5O2. The highest BCUT2D eigenvalue weighted by molar-refractivity contribution is 6.45. The zero-order valence-electron chi connectivity index (χ0n) is 18.9. The Morgan fingerprint density at radius 2 is 1.84 bits per heavy atom. The zero-order valence-corrected chi connectivity index (χ0v) is 21.1. The van der Waals surface area contributed by atoms with Crippen LogP contribution in [0.4, 0.5) is 0 Å². The van der Waals surface area contributed by atoms with E-state index >= 15 is 0 Å². The monoisotopic (exact) mass is 499 g/mol. The SMILES string of the molecule is CNC(=O)C(NC(=O)c1nc(-c2cc(Cl)cc(Cl)c2Cl)n2c1CN(C)CCC2)C(C)(C)C. The van der Waals surface area contributed by atoms with Crippen molar-refractivity contribution in [2.75, 3.05) is 20.6 Å². The molecule has 2 N–H and O–H groups in total. The summed E-state index contributed by atoms with van der Waals surface area (Å²) >= 11 is 19.0. The second-order valence-electron chi connectivity index (χ2n) is 9.11. The predicted molar refractivity (Wildman–Crippen MR) is 128 cm³/mol. The van der Waals surface area contributed by atoms with Crippen molar-refractivity contribution >= 4 is 46.6 Å². The van der Waals surface area contributed by atoms with Gasteiger partial charge in [-0.2, -0.15) is 0 Å². The number of imidazole rings is 1. The molecule has 0 aliphatic carbocycles. The minimum absolute atomic E-state index is 0.263. The summed E-state index contributed by atoms with van der Waals surface area (Å²) in [6.07, 6.45) is 0.878. The first kappa shape index (κ1) is 24.8. The van der Waals surface area contributed by atoms with Crippen LogP contribution in [0.25, 0.3) is 11.4 Å². The maximum atomic E-state index is 13.4. The van der Waals surface area contributed by atoms with Gasteiger partial charge in [0.05, 0.1) is 15.7 Å². The Balaban J connectivity index is 2.13. The van der Waals surface area contributed by atoms with Crippen molar-refractivity contribution in [2.24, 2.45) is 5.41 Å². The number of likely N-dealkylation sites (N-methyl/N-ethyl adjacent to an activating group) is 1. The van der Waals surface area contributed by atoms with Crippen molar-refractivity contribution in [1.82, 2.24) is 25.1 Å². The van der Waals surface area contributed by atoms with Crippen LogP contribution in [0.2, 0.25) is 15.1 Å². The van der Waals surface area contributed by atoms with Gasteiger partial charge in [0.2, 0.25) is 5.91 Å². The molecule has 0 radical (unpaired) electrons. The Bertz CT molecular complexity index is 1050. The van der Waals surface area contributed by atoms with Gasteiger partial charge in [0.15, 0.2) is 5.69 Å². The van der Waals surface area contributed by atoms with Crippen molar-refractivity contribution in [3.05, 3.63) is 38.6 Å². The summed E-state index contributed by atoms with van der Waals surface area (Å²) in [6, 6.07) is 2.54. The maximum Gasteiger partial charge on any atom is 0.272 e. The van der Waals surface area contributed by atoms with Crippen LogP contribution in [-0.2, 0) is 17.9 Å². The molecule has 1 atom stereocenters. The quantitative estimate of drug-likeness (QED) is 0.616. The van der Waals surface area contributed by atoms with E-state index in [-0.39, 0.29) is 11.6 Å². The van der Waals surface area contributed by atoms with E-state index in [1.54, 1.807) is 19.2 Å². The lowest BCUT2D eigenvalue weighted by atomic mass is 9.86. The van der Waals surface area contributed by atoms with E-state index in [9.17, 15) is 9.59 Å². The van der Waals surface area contributed by atoms with Gasteiger partial charge in [-0.1, -0.05) is 55.6 Å². The average molecular weight is 501 g/mol. The van der Waals surface area contributed by atoms with Crippen molar-refractivity contribution in [1.29, 1.82) is 0 Å². The van der Waals surface area contributed by atoms with Gasteiger partial charge >= 0.3 is 0 Å². The van der Waals surface area contributed by atoms with E-state index in [1.165, 1.54) is 0 Å². The normalized spacial score (nSPS) is 15.6. The molecule has 174 valence electrons. The molecule has 2 amide bonds. The van der Waals surface area contributed by atoms with Crippen molar-refractivity contribution in [3.8, 4) is 11.4 Å². The fourth-order valence-corrected chi connectivity index (χ4v) is 4.53. The second-order valence-corrected chi connectivity index (χ2v) is 10.3. The number of halogens is 3. The van der Waals surface area contributed by atoms with Gasteiger partial charge in [0.25, 0.3) is 5.91 Å². The van der Waals surface area contributed by atoms with Crippen molar-refractivity contribution in [2.45, 2.75) is 46.3 Å². The molecular weight excluding hydrogens is 473 g/mol. The van der Waals surface area contributed by atoms with E-state index < -0.39 is 17.4 Å². The number of hydrogen-bond donors (Lipinski definition) is 2. The molecule has 32 heavy (non-hydrogen) atoms. The van der Waals surface area contributed by atoms with E-state index in [0.29, 0.717) is 39.5 Å². The molecule has 7 nitrogen and oxygen atoms in total. The summed E-state index contributed by atoms with van der Waals surface area (Å²) in [5, 5.41) is 6.57. The number of carbonyl (C=O) groups is 2. The van der Waals surface area contributed by atoms with Gasteiger partial charge in [-0.05, 0) is 37.6 Å². The molecule has 1 aliphatic rings. The number of fused-ring (bicyclic) bond motifs is 1. The van der Waals surface area contributed by atoms with Crippen LogP contribution in [0, 0.1) is 5.41 Å². The third-order valence-electron chi connectivity index (χ3n) is 5.51. The topological polar surface area (TPSA) is 79.3 Å². The standard InChI is InChI=1S/C22H28Cl3N5O2/c1-22(2,3)18(21(32)26-4)28-20(31)17-15-11-29(5)7-6-8-30(15)19(27-17)13-9-12(23)10-14(24)16(13)25/h9-10,18H,6-8,11H2,1-5H3,(H,26,32)(H,28,31). The zero-order chi connectivity index (χ0) is 23.8. The number of nitrogens with zero attached hydrogens (tertiary/aromatic N) is 3. The number of hydrogen-bond acceptors (Lipinski definition) is 4. The minimum Gasteiger partial charge on any atom is -0.357 e. The van der Waals surface area contributed by atoms with E-state index in [1.807, 2.05) is 32.4 Å². The molecule has 3 rings (SSSR count). The van der Waals surface area contributed by atoms with Gasteiger partial charge in [0, 0.05) is 30.7 Å². The molecule has 0 fully saturated rings. The Morgan fingerprint density at radius 3 is 2.47 bits per heavy atom. The van der Waals surface area contributed by atoms with Gasteiger partial charge in [0.1, 0.15) is 11.9 Å². The smallest absolute Gasteiger partial charge is 0.272 e. The number of amides is 2. The van der Waals surface area contributed by atoms with Crippen molar-refractivity contribution in [3.63, 3.8) is 0 Å². The van der Waals surface area contributed by atoms with Gasteiger partial charge in [-0.3, -0.25) is 9.59 Å². The van der Waals surface area contributed by atoms with Crippen LogP contribution in [0.5, 0.6) is 0 Å². The lowest BCUT2D eigenvalue weighted by Crippen LogP contribution is -2.53. The number of carbonyl (C=O) groups excluding carboxylic acids is 2. The van der Waals surface area contributed by atoms with E-state index in [4.69, 9.17) is 39.8 Å². The molecule has 1 aromatic carbocycles. The third kappa shape index (κ3) is 5.06. The molecule has 2 heterocycles. The molecule has 0 bridgehead atoms. The Kier molecular flexibility index (Phi) is 7.44. The lowest BCUT2D eigenvalue weighted by molar-refractivity contribution is -0.124. The van der Waals surface area contributed by atoms with Crippen molar-refractivity contribution < 1.29 is 9.59 Å². The number of aromatic nitrogens is 2. The molecule has 0 saturated heterocycles. The van der Waals surface area contributed by atoms with Crippen LogP contribution in [0.3, 0.4) is 0 Å². The predicted octanol–water partition coefficient (Wildman–Crippen LogP) is 4.24. The van der Waals surface area contributed by atoms with Crippen LogP contribution in [0.15, 0.2) is 12.1 Å². The summed E-state index contributed by atoms with van der Waals surface area (Å²) in [5.41, 5.74) is 1.09. The molecule has 0 saturated carbocycles. The number of rotatable bonds is 4. The summed E-state index contributed by atoms with van der Waals surface area (Å²) in [7, 11) is 3.55. The van der Waals surface area contributed by atoms with E-state index in [2.05, 4.69) is 15.5 Å². The summed E-state index contributed by atoms with van der Waals surface area (Å²) < 4.78 is 2.00. The summed E-state index contributed by atoms with van der Waals surface area (Å²) in [6.45, 7) is 7.75. The van der Waals surface area contributed by atoms with Crippen LogP contribution >= 0.6 is 34.8 Å². The molecule has 10 heteroatoms. The fourth-order valence-electron chi connectivity index (χ4n) is 3.85. The highest BCUT2D eigenvalue weighted by atomic mass is 35.5. The van der Waals surface area contributed by atoms with Gasteiger partial charge < -0.3 is 20.1 Å². The Morgan fingerprint density at radius 1 is 1.16 bits per heavy atom. The average Bonchev–Trinajstić information content (AvgIpc) is 2.93. The summed E-state index contributed by atoms with van der Waals surface area (Å²) in [4.78, 5) is 32.7. The third-order valence-corrected chi connectivity index (χ3v) is 6.53. The first-order valence-electron chi connectivity index (χ1n) is 10.4. The largest absolute Gasteiger partial charge is 0.357 e. The second kappa shape index (κ2) is 9.59. The minimum atomic E-state index is -0.728. The number of benzene rings is 1. The molecule has 0 spiro atoms.